The number of hydrogen-bond acceptors (Lipinski definition) is 8. The highest BCUT2D eigenvalue weighted by molar-refractivity contribution is 6.09. The van der Waals surface area contributed by atoms with Crippen LogP contribution >= 0.6 is 0 Å². The van der Waals surface area contributed by atoms with Crippen molar-refractivity contribution in [2.45, 2.75) is 6.92 Å². The van der Waals surface area contributed by atoms with Crippen LogP contribution in [0.3, 0.4) is 0 Å². The monoisotopic (exact) mass is 504 g/mol. The summed E-state index contributed by atoms with van der Waals surface area (Å²) >= 11 is 0. The lowest BCUT2D eigenvalue weighted by Crippen LogP contribution is -2.47. The van der Waals surface area contributed by atoms with E-state index in [1.165, 1.54) is 0 Å². The summed E-state index contributed by atoms with van der Waals surface area (Å²) in [6, 6.07) is 12.7. The fourth-order valence-corrected chi connectivity index (χ4v) is 5.29. The summed E-state index contributed by atoms with van der Waals surface area (Å²) in [6.07, 6.45) is 0. The zero-order chi connectivity index (χ0) is 25.8. The molecule has 198 valence electrons. The average molecular weight is 505 g/mol. The van der Waals surface area contributed by atoms with Gasteiger partial charge in [0.2, 0.25) is 5.91 Å². The zero-order valence-electron chi connectivity index (χ0n) is 22.5. The Kier molecular flexibility index (Phi) is 8.14. The third-order valence-electron chi connectivity index (χ3n) is 7.81. The van der Waals surface area contributed by atoms with Crippen molar-refractivity contribution < 1.29 is 4.79 Å². The number of aromatic nitrogens is 2. The normalized spacial score (nSPS) is 18.5. The maximum atomic E-state index is 12.8. The summed E-state index contributed by atoms with van der Waals surface area (Å²) in [4.78, 5) is 24.3. The van der Waals surface area contributed by atoms with Gasteiger partial charge in [0, 0.05) is 96.2 Å². The van der Waals surface area contributed by atoms with Crippen molar-refractivity contribution in [2.75, 3.05) is 103 Å². The van der Waals surface area contributed by atoms with Crippen molar-refractivity contribution in [3.63, 3.8) is 0 Å². The first kappa shape index (κ1) is 25.8. The topological polar surface area (TPSA) is 71.1 Å². The highest BCUT2D eigenvalue weighted by Gasteiger charge is 2.22. The van der Waals surface area contributed by atoms with Gasteiger partial charge >= 0.3 is 0 Å². The lowest BCUT2D eigenvalue weighted by Gasteiger charge is -2.33. The van der Waals surface area contributed by atoms with Crippen LogP contribution in [0.5, 0.6) is 0 Å². The molecule has 2 fully saturated rings. The molecule has 1 N–H and O–H groups in total. The Labute approximate surface area is 220 Å². The number of hydrogen-bond donors (Lipinski definition) is 1. The van der Waals surface area contributed by atoms with E-state index >= 15 is 0 Å². The fraction of sp³-hybridized carbons (Fsp3) is 0.536. The molecule has 2 saturated heterocycles. The molecule has 0 bridgehead atoms. The first-order chi connectivity index (χ1) is 18.0. The Bertz CT molecular complexity index is 1220. The molecule has 1 amide bonds. The SMILES string of the molecule is CC(=O)N(CCN1CCN(C)CC1)c1nnc(NCCN2CCN(C)CC2)c2cc3ccccc3cc12. The molecule has 9 nitrogen and oxygen atoms in total. The van der Waals surface area contributed by atoms with Gasteiger partial charge in [0.05, 0.1) is 0 Å². The standard InChI is InChI=1S/C28H40N8O/c1-22(37)36(19-18-35-16-12-33(3)13-17-35)28-26-21-24-7-5-4-6-23(24)20-25(26)27(30-31-28)29-8-9-34-14-10-32(2)11-15-34/h4-7,20-21H,8-19H2,1-3H3,(H,29,30). The van der Waals surface area contributed by atoms with Gasteiger partial charge in [0.15, 0.2) is 11.6 Å². The predicted octanol–water partition coefficient (Wildman–Crippen LogP) is 2.04. The Morgan fingerprint density at radius 2 is 1.41 bits per heavy atom. The Morgan fingerprint density at radius 1 is 0.838 bits per heavy atom. The van der Waals surface area contributed by atoms with E-state index in [4.69, 9.17) is 0 Å². The highest BCUT2D eigenvalue weighted by Crippen LogP contribution is 2.32. The van der Waals surface area contributed by atoms with E-state index in [0.29, 0.717) is 12.4 Å². The molecule has 0 atom stereocenters. The Hall–Kier alpha value is -2.85. The van der Waals surface area contributed by atoms with E-state index in [1.807, 2.05) is 6.07 Å². The first-order valence-electron chi connectivity index (χ1n) is 13.5. The molecule has 2 aliphatic heterocycles. The zero-order valence-corrected chi connectivity index (χ0v) is 22.5. The number of benzene rings is 2. The smallest absolute Gasteiger partial charge is 0.225 e. The number of amides is 1. The molecular weight excluding hydrogens is 464 g/mol. The van der Waals surface area contributed by atoms with Crippen LogP contribution in [-0.2, 0) is 4.79 Å². The van der Waals surface area contributed by atoms with Gasteiger partial charge in [-0.1, -0.05) is 24.3 Å². The molecule has 0 unspecified atom stereocenters. The summed E-state index contributed by atoms with van der Waals surface area (Å²) in [5.41, 5.74) is 0. The van der Waals surface area contributed by atoms with Crippen LogP contribution in [-0.4, -0.2) is 128 Å². The quantitative estimate of drug-likeness (QED) is 0.468. The van der Waals surface area contributed by atoms with Gasteiger partial charge < -0.3 is 15.1 Å². The number of carbonyl (C=O) groups is 1. The largest absolute Gasteiger partial charge is 0.367 e. The number of likely N-dealkylation sites (N-methyl/N-ethyl adjacent to an activating group) is 2. The van der Waals surface area contributed by atoms with E-state index in [-0.39, 0.29) is 5.91 Å². The third-order valence-corrected chi connectivity index (χ3v) is 7.81. The maximum Gasteiger partial charge on any atom is 0.225 e. The summed E-state index contributed by atoms with van der Waals surface area (Å²) < 4.78 is 0. The van der Waals surface area contributed by atoms with Crippen molar-refractivity contribution in [1.29, 1.82) is 0 Å². The number of anilines is 2. The third kappa shape index (κ3) is 6.18. The molecule has 37 heavy (non-hydrogen) atoms. The molecule has 5 rings (SSSR count). The second kappa shape index (κ2) is 11.7. The molecule has 0 aliphatic carbocycles. The molecular formula is C28H40N8O. The summed E-state index contributed by atoms with van der Waals surface area (Å²) in [6.45, 7) is 13.4. The van der Waals surface area contributed by atoms with Crippen molar-refractivity contribution in [3.05, 3.63) is 36.4 Å². The minimum Gasteiger partial charge on any atom is -0.367 e. The molecule has 1 aromatic heterocycles. The molecule has 2 aromatic carbocycles. The maximum absolute atomic E-state index is 12.8. The van der Waals surface area contributed by atoms with Crippen LogP contribution in [0, 0.1) is 0 Å². The first-order valence-corrected chi connectivity index (χ1v) is 13.5. The molecule has 3 heterocycles. The van der Waals surface area contributed by atoms with E-state index in [1.54, 1.807) is 11.8 Å². The van der Waals surface area contributed by atoms with Crippen molar-refractivity contribution in [3.8, 4) is 0 Å². The second-order valence-corrected chi connectivity index (χ2v) is 10.5. The number of rotatable bonds is 8. The second-order valence-electron chi connectivity index (χ2n) is 10.5. The number of piperazine rings is 2. The van der Waals surface area contributed by atoms with Gasteiger partial charge in [0.1, 0.15) is 0 Å². The lowest BCUT2D eigenvalue weighted by atomic mass is 10.0. The lowest BCUT2D eigenvalue weighted by molar-refractivity contribution is -0.116. The molecule has 0 spiro atoms. The molecule has 0 saturated carbocycles. The van der Waals surface area contributed by atoms with Gasteiger partial charge in [-0.3, -0.25) is 19.5 Å². The predicted molar refractivity (Wildman–Crippen MR) is 151 cm³/mol. The fourth-order valence-electron chi connectivity index (χ4n) is 5.29. The van der Waals surface area contributed by atoms with Gasteiger partial charge in [-0.25, -0.2) is 0 Å². The van der Waals surface area contributed by atoms with E-state index < -0.39 is 0 Å². The van der Waals surface area contributed by atoms with E-state index in [2.05, 4.69) is 79.5 Å². The minimum absolute atomic E-state index is 0.00587. The number of nitrogens with one attached hydrogen (secondary N) is 1. The van der Waals surface area contributed by atoms with Crippen molar-refractivity contribution >= 4 is 39.1 Å². The molecule has 9 heteroatoms. The van der Waals surface area contributed by atoms with Crippen LogP contribution in [0.1, 0.15) is 6.92 Å². The Morgan fingerprint density at radius 3 is 2.00 bits per heavy atom. The molecule has 3 aromatic rings. The summed E-state index contributed by atoms with van der Waals surface area (Å²) in [7, 11) is 4.34. The Balaban J connectivity index is 1.40. The van der Waals surface area contributed by atoms with E-state index in [0.717, 1.165) is 99.4 Å². The minimum atomic E-state index is -0.00587. The summed E-state index contributed by atoms with van der Waals surface area (Å²) in [5, 5.41) is 17.1. The van der Waals surface area contributed by atoms with Crippen LogP contribution < -0.4 is 10.2 Å². The van der Waals surface area contributed by atoms with Gasteiger partial charge in [-0.15, -0.1) is 10.2 Å². The summed E-state index contributed by atoms with van der Waals surface area (Å²) in [5.74, 6) is 1.42. The van der Waals surface area contributed by atoms with Crippen molar-refractivity contribution in [2.24, 2.45) is 0 Å². The van der Waals surface area contributed by atoms with Crippen LogP contribution in [0.4, 0.5) is 11.6 Å². The van der Waals surface area contributed by atoms with Crippen LogP contribution in [0.15, 0.2) is 36.4 Å². The van der Waals surface area contributed by atoms with Crippen LogP contribution in [0.25, 0.3) is 21.5 Å². The molecule has 0 radical (unpaired) electrons. The van der Waals surface area contributed by atoms with Crippen molar-refractivity contribution in [1.82, 2.24) is 29.8 Å². The van der Waals surface area contributed by atoms with E-state index in [9.17, 15) is 4.79 Å². The number of carbonyl (C=O) groups excluding carboxylic acids is 1. The number of fused-ring (bicyclic) bond motifs is 2. The average Bonchev–Trinajstić information content (AvgIpc) is 2.90. The van der Waals surface area contributed by atoms with Gasteiger partial charge in [-0.05, 0) is 37.0 Å². The number of nitrogens with zero attached hydrogens (tertiary/aromatic N) is 7. The molecule has 2 aliphatic rings. The van der Waals surface area contributed by atoms with Gasteiger partial charge in [-0.2, -0.15) is 0 Å². The van der Waals surface area contributed by atoms with Crippen LogP contribution in [0.2, 0.25) is 0 Å². The van der Waals surface area contributed by atoms with Gasteiger partial charge in [0.25, 0.3) is 0 Å². The highest BCUT2D eigenvalue weighted by atomic mass is 16.2.